The number of thiazole rings is 1. The van der Waals surface area contributed by atoms with Gasteiger partial charge in [-0.2, -0.15) is 4.98 Å². The number of aryl methyl sites for hydroxylation is 1. The SMILES string of the molecule is Cc1csc(Cc2noc(CC3CS(=O)(=O)CCN3)n2)n1. The van der Waals surface area contributed by atoms with Crippen LogP contribution < -0.4 is 5.32 Å². The molecule has 0 aliphatic carbocycles. The second-order valence-electron chi connectivity index (χ2n) is 5.13. The number of sulfone groups is 1. The molecular formula is C12H16N4O3S2. The monoisotopic (exact) mass is 328 g/mol. The predicted molar refractivity (Wildman–Crippen MR) is 78.1 cm³/mol. The number of rotatable bonds is 4. The van der Waals surface area contributed by atoms with Crippen molar-refractivity contribution < 1.29 is 12.9 Å². The summed E-state index contributed by atoms with van der Waals surface area (Å²) < 4.78 is 28.4. The first kappa shape index (κ1) is 14.6. The molecule has 1 atom stereocenters. The molecule has 21 heavy (non-hydrogen) atoms. The van der Waals surface area contributed by atoms with Crippen LogP contribution in [0.4, 0.5) is 0 Å². The lowest BCUT2D eigenvalue weighted by Gasteiger charge is -2.21. The van der Waals surface area contributed by atoms with Crippen molar-refractivity contribution in [2.75, 3.05) is 18.1 Å². The zero-order valence-electron chi connectivity index (χ0n) is 11.6. The van der Waals surface area contributed by atoms with E-state index in [0.29, 0.717) is 31.1 Å². The van der Waals surface area contributed by atoms with Gasteiger partial charge in [0.1, 0.15) is 5.01 Å². The molecule has 0 bridgehead atoms. The lowest BCUT2D eigenvalue weighted by Crippen LogP contribution is -2.46. The van der Waals surface area contributed by atoms with Crippen molar-refractivity contribution in [2.24, 2.45) is 0 Å². The van der Waals surface area contributed by atoms with E-state index in [9.17, 15) is 8.42 Å². The fourth-order valence-corrected chi connectivity index (χ4v) is 4.49. The average molecular weight is 328 g/mol. The van der Waals surface area contributed by atoms with Crippen molar-refractivity contribution >= 4 is 21.2 Å². The number of aromatic nitrogens is 3. The maximum atomic E-state index is 11.6. The van der Waals surface area contributed by atoms with Crippen molar-refractivity contribution in [1.29, 1.82) is 0 Å². The molecule has 7 nitrogen and oxygen atoms in total. The molecule has 0 aromatic carbocycles. The first-order valence-electron chi connectivity index (χ1n) is 6.66. The fraction of sp³-hybridized carbons (Fsp3) is 0.583. The van der Waals surface area contributed by atoms with Crippen LogP contribution in [0.3, 0.4) is 0 Å². The Balaban J connectivity index is 1.62. The summed E-state index contributed by atoms with van der Waals surface area (Å²) in [6.07, 6.45) is 0.974. The van der Waals surface area contributed by atoms with Gasteiger partial charge >= 0.3 is 0 Å². The van der Waals surface area contributed by atoms with Gasteiger partial charge in [-0.1, -0.05) is 5.16 Å². The van der Waals surface area contributed by atoms with Gasteiger partial charge in [-0.15, -0.1) is 11.3 Å². The highest BCUT2D eigenvalue weighted by molar-refractivity contribution is 7.91. The van der Waals surface area contributed by atoms with Crippen molar-refractivity contribution in [1.82, 2.24) is 20.4 Å². The molecule has 2 aromatic rings. The summed E-state index contributed by atoms with van der Waals surface area (Å²) in [4.78, 5) is 8.67. The Morgan fingerprint density at radius 2 is 2.33 bits per heavy atom. The van der Waals surface area contributed by atoms with Gasteiger partial charge in [0.15, 0.2) is 15.7 Å². The Kier molecular flexibility index (Phi) is 4.05. The number of hydrogen-bond donors (Lipinski definition) is 1. The molecule has 1 aliphatic rings. The van der Waals surface area contributed by atoms with Crippen LogP contribution in [-0.4, -0.2) is 47.6 Å². The van der Waals surface area contributed by atoms with Gasteiger partial charge in [0, 0.05) is 30.1 Å². The zero-order valence-corrected chi connectivity index (χ0v) is 13.2. The molecule has 3 rings (SSSR count). The second-order valence-corrected chi connectivity index (χ2v) is 8.30. The highest BCUT2D eigenvalue weighted by Crippen LogP contribution is 2.13. The van der Waals surface area contributed by atoms with Crippen LogP contribution in [0.25, 0.3) is 0 Å². The van der Waals surface area contributed by atoms with Gasteiger partial charge in [0.25, 0.3) is 0 Å². The number of hydrogen-bond acceptors (Lipinski definition) is 8. The second kappa shape index (κ2) is 5.82. The van der Waals surface area contributed by atoms with E-state index in [1.54, 1.807) is 11.3 Å². The lowest BCUT2D eigenvalue weighted by atomic mass is 10.2. The van der Waals surface area contributed by atoms with Crippen molar-refractivity contribution in [2.45, 2.75) is 25.8 Å². The topological polar surface area (TPSA) is 98.0 Å². The summed E-state index contributed by atoms with van der Waals surface area (Å²) >= 11 is 1.56. The van der Waals surface area contributed by atoms with E-state index in [4.69, 9.17) is 4.52 Å². The first-order chi connectivity index (χ1) is 10.00. The number of nitrogens with one attached hydrogen (secondary N) is 1. The summed E-state index contributed by atoms with van der Waals surface area (Å²) in [5, 5.41) is 10.0. The van der Waals surface area contributed by atoms with Crippen LogP contribution in [0, 0.1) is 6.92 Å². The Hall–Kier alpha value is -1.32. The Bertz CT molecular complexity index is 722. The molecule has 0 amide bonds. The van der Waals surface area contributed by atoms with Gasteiger partial charge in [-0.3, -0.25) is 0 Å². The van der Waals surface area contributed by atoms with Gasteiger partial charge in [0.2, 0.25) is 5.89 Å². The van der Waals surface area contributed by atoms with Crippen LogP contribution in [0.1, 0.15) is 22.4 Å². The molecule has 2 aromatic heterocycles. The average Bonchev–Trinajstić information content (AvgIpc) is 2.98. The fourth-order valence-electron chi connectivity index (χ4n) is 2.27. The van der Waals surface area contributed by atoms with E-state index in [1.165, 1.54) is 0 Å². The van der Waals surface area contributed by atoms with Crippen LogP contribution in [0.5, 0.6) is 0 Å². The van der Waals surface area contributed by atoms with Crippen LogP contribution in [-0.2, 0) is 22.7 Å². The van der Waals surface area contributed by atoms with Crippen molar-refractivity contribution in [3.63, 3.8) is 0 Å². The van der Waals surface area contributed by atoms with Gasteiger partial charge < -0.3 is 9.84 Å². The molecule has 1 unspecified atom stereocenters. The zero-order chi connectivity index (χ0) is 14.9. The highest BCUT2D eigenvalue weighted by Gasteiger charge is 2.26. The highest BCUT2D eigenvalue weighted by atomic mass is 32.2. The van der Waals surface area contributed by atoms with Crippen LogP contribution in [0.15, 0.2) is 9.90 Å². The van der Waals surface area contributed by atoms with E-state index >= 15 is 0 Å². The van der Waals surface area contributed by atoms with E-state index in [-0.39, 0.29) is 17.5 Å². The molecule has 0 spiro atoms. The van der Waals surface area contributed by atoms with Gasteiger partial charge in [-0.25, -0.2) is 13.4 Å². The summed E-state index contributed by atoms with van der Waals surface area (Å²) in [5.74, 6) is 1.36. The Morgan fingerprint density at radius 3 is 3.05 bits per heavy atom. The molecule has 0 saturated carbocycles. The summed E-state index contributed by atoms with van der Waals surface area (Å²) in [6, 6.07) is -0.154. The Labute approximate surface area is 126 Å². The molecule has 1 aliphatic heterocycles. The minimum atomic E-state index is -2.95. The predicted octanol–water partition coefficient (Wildman–Crippen LogP) is 0.354. The standard InChI is InChI=1S/C12H16N4O3S2/c1-8-6-20-12(14-8)5-10-15-11(19-16-10)4-9-7-21(17,18)3-2-13-9/h6,9,13H,2-5,7H2,1H3. The molecular weight excluding hydrogens is 312 g/mol. The maximum absolute atomic E-state index is 11.6. The van der Waals surface area contributed by atoms with E-state index in [0.717, 1.165) is 10.7 Å². The molecule has 114 valence electrons. The van der Waals surface area contributed by atoms with Crippen molar-refractivity contribution in [3.05, 3.63) is 27.8 Å². The maximum Gasteiger partial charge on any atom is 0.228 e. The van der Waals surface area contributed by atoms with Crippen molar-refractivity contribution in [3.8, 4) is 0 Å². The smallest absolute Gasteiger partial charge is 0.228 e. The number of nitrogens with zero attached hydrogens (tertiary/aromatic N) is 3. The van der Waals surface area contributed by atoms with Gasteiger partial charge in [0.05, 0.1) is 17.9 Å². The quantitative estimate of drug-likeness (QED) is 0.865. The van der Waals surface area contributed by atoms with Crippen LogP contribution in [0.2, 0.25) is 0 Å². The molecule has 1 fully saturated rings. The first-order valence-corrected chi connectivity index (χ1v) is 9.36. The molecule has 0 radical (unpaired) electrons. The van der Waals surface area contributed by atoms with E-state index in [1.807, 2.05) is 12.3 Å². The summed E-state index contributed by atoms with van der Waals surface area (Å²) in [7, 11) is -2.95. The summed E-state index contributed by atoms with van der Waals surface area (Å²) in [6.45, 7) is 2.42. The molecule has 3 heterocycles. The minimum Gasteiger partial charge on any atom is -0.339 e. The van der Waals surface area contributed by atoms with E-state index in [2.05, 4.69) is 20.4 Å². The Morgan fingerprint density at radius 1 is 1.48 bits per heavy atom. The van der Waals surface area contributed by atoms with E-state index < -0.39 is 9.84 Å². The third kappa shape index (κ3) is 3.86. The summed E-state index contributed by atoms with van der Waals surface area (Å²) in [5.41, 5.74) is 0.982. The molecule has 1 saturated heterocycles. The van der Waals surface area contributed by atoms with Gasteiger partial charge in [-0.05, 0) is 6.92 Å². The molecule has 9 heteroatoms. The normalized spacial score (nSPS) is 21.5. The lowest BCUT2D eigenvalue weighted by molar-refractivity contribution is 0.357. The van der Waals surface area contributed by atoms with Crippen LogP contribution >= 0.6 is 11.3 Å². The third-order valence-electron chi connectivity index (χ3n) is 3.21. The minimum absolute atomic E-state index is 0.121. The largest absolute Gasteiger partial charge is 0.339 e. The third-order valence-corrected chi connectivity index (χ3v) is 5.91. The molecule has 1 N–H and O–H groups in total.